The van der Waals surface area contributed by atoms with Gasteiger partial charge in [0.2, 0.25) is 0 Å². The highest BCUT2D eigenvalue weighted by Crippen LogP contribution is 2.55. The fourth-order valence-electron chi connectivity index (χ4n) is 7.80. The summed E-state index contributed by atoms with van der Waals surface area (Å²) < 4.78 is 6.44. The van der Waals surface area contributed by atoms with Gasteiger partial charge >= 0.3 is 5.63 Å². The van der Waals surface area contributed by atoms with E-state index in [1.54, 1.807) is 11.8 Å². The topological polar surface area (TPSA) is 36.7 Å². The van der Waals surface area contributed by atoms with E-state index in [-0.39, 0.29) is 21.8 Å². The molecule has 0 saturated heterocycles. The third kappa shape index (κ3) is 3.86. The zero-order valence-corrected chi connectivity index (χ0v) is 26.7. The minimum Gasteiger partial charge on any atom is -0.422 e. The molecule has 0 aliphatic carbocycles. The molecule has 0 saturated carbocycles. The van der Waals surface area contributed by atoms with E-state index in [1.165, 1.54) is 49.3 Å². The minimum atomic E-state index is -0.211. The Kier molecular flexibility index (Phi) is 5.72. The van der Waals surface area contributed by atoms with Crippen LogP contribution in [0.15, 0.2) is 80.8 Å². The Morgan fingerprint density at radius 2 is 1.58 bits per heavy atom. The first kappa shape index (κ1) is 26.9. The summed E-state index contributed by atoms with van der Waals surface area (Å²) in [6, 6.07) is 24.0. The van der Waals surface area contributed by atoms with E-state index in [2.05, 4.69) is 118 Å². The SMILES string of the molecule is Cc1c(C2Sc3ccc4cc(-c5ccccc5)ccc4c3N2C)c(=O)oc2c3c4c(cc12)C(C)(C)CCN4CCC3(C)C. The summed E-state index contributed by atoms with van der Waals surface area (Å²) in [5, 5.41) is 3.35. The standard InChI is InChI=1S/C38H38N2O2S/c1-22-27-21-28-33-31(38(4,5)17-19-40(33)18-16-37(28,2)3)34(27)42-36(41)30(22)35-39(6)32-26-14-12-24(23-10-8-7-9-11-23)20-25(26)13-15-29(32)43-35/h7-15,20-21,35H,16-19H2,1-6H3. The van der Waals surface area contributed by atoms with Crippen molar-refractivity contribution in [2.45, 2.75) is 68.6 Å². The Hall–Kier alpha value is -3.70. The van der Waals surface area contributed by atoms with Gasteiger partial charge in [-0.1, -0.05) is 88.0 Å². The number of anilines is 2. The molecular formula is C38H38N2O2S. The Morgan fingerprint density at radius 1 is 0.837 bits per heavy atom. The predicted molar refractivity (Wildman–Crippen MR) is 181 cm³/mol. The molecular weight excluding hydrogens is 548 g/mol. The lowest BCUT2D eigenvalue weighted by Gasteiger charge is -2.48. The molecule has 1 unspecified atom stereocenters. The third-order valence-electron chi connectivity index (χ3n) is 10.5. The maximum atomic E-state index is 14.1. The fourth-order valence-corrected chi connectivity index (χ4v) is 9.21. The minimum absolute atomic E-state index is 0.0654. The first-order valence-corrected chi connectivity index (χ1v) is 16.3. The zero-order valence-electron chi connectivity index (χ0n) is 25.9. The second kappa shape index (κ2) is 9.15. The number of thioether (sulfide) groups is 1. The van der Waals surface area contributed by atoms with Crippen LogP contribution in [-0.4, -0.2) is 20.1 Å². The smallest absolute Gasteiger partial charge is 0.342 e. The largest absolute Gasteiger partial charge is 0.422 e. The van der Waals surface area contributed by atoms with Crippen LogP contribution in [0.4, 0.5) is 11.4 Å². The Labute approximate surface area is 257 Å². The summed E-state index contributed by atoms with van der Waals surface area (Å²) in [6.07, 6.45) is 2.18. The van der Waals surface area contributed by atoms with E-state index >= 15 is 0 Å². The molecule has 218 valence electrons. The highest BCUT2D eigenvalue weighted by Gasteiger charge is 2.43. The molecule has 0 bridgehead atoms. The van der Waals surface area contributed by atoms with Gasteiger partial charge in [0.25, 0.3) is 0 Å². The molecule has 3 aliphatic rings. The van der Waals surface area contributed by atoms with Crippen LogP contribution >= 0.6 is 11.8 Å². The molecule has 1 aromatic heterocycles. The first-order chi connectivity index (χ1) is 20.5. The second-order valence-electron chi connectivity index (χ2n) is 14.0. The highest BCUT2D eigenvalue weighted by molar-refractivity contribution is 8.00. The van der Waals surface area contributed by atoms with Crippen LogP contribution in [0, 0.1) is 6.92 Å². The van der Waals surface area contributed by atoms with Crippen LogP contribution in [0.25, 0.3) is 32.9 Å². The Bertz CT molecular complexity index is 2020. The highest BCUT2D eigenvalue weighted by atomic mass is 32.2. The van der Waals surface area contributed by atoms with Gasteiger partial charge in [-0.2, -0.15) is 0 Å². The van der Waals surface area contributed by atoms with Gasteiger partial charge in [0.1, 0.15) is 11.0 Å². The number of hydrogen-bond donors (Lipinski definition) is 0. The van der Waals surface area contributed by atoms with E-state index in [1.807, 2.05) is 0 Å². The molecule has 43 heavy (non-hydrogen) atoms. The molecule has 0 fully saturated rings. The first-order valence-electron chi connectivity index (χ1n) is 15.5. The average Bonchev–Trinajstić information content (AvgIpc) is 3.32. The third-order valence-corrected chi connectivity index (χ3v) is 11.8. The molecule has 0 radical (unpaired) electrons. The molecule has 4 nitrogen and oxygen atoms in total. The summed E-state index contributed by atoms with van der Waals surface area (Å²) in [5.74, 6) is 0. The lowest BCUT2D eigenvalue weighted by molar-refractivity contribution is 0.398. The predicted octanol–water partition coefficient (Wildman–Crippen LogP) is 9.33. The van der Waals surface area contributed by atoms with Crippen molar-refractivity contribution in [1.82, 2.24) is 0 Å². The normalized spacial score (nSPS) is 20.0. The summed E-state index contributed by atoms with van der Waals surface area (Å²) in [6.45, 7) is 13.6. The molecule has 4 heterocycles. The molecule has 0 amide bonds. The van der Waals surface area contributed by atoms with Gasteiger partial charge in [-0.3, -0.25) is 0 Å². The fraction of sp³-hybridized carbons (Fsp3) is 0.342. The molecule has 0 N–H and O–H groups in total. The van der Waals surface area contributed by atoms with Crippen molar-refractivity contribution >= 4 is 44.9 Å². The van der Waals surface area contributed by atoms with Gasteiger partial charge in [-0.15, -0.1) is 0 Å². The van der Waals surface area contributed by atoms with Crippen molar-refractivity contribution in [3.05, 3.63) is 99.4 Å². The second-order valence-corrected chi connectivity index (χ2v) is 15.1. The van der Waals surface area contributed by atoms with Crippen molar-refractivity contribution in [2.24, 2.45) is 0 Å². The van der Waals surface area contributed by atoms with Crippen molar-refractivity contribution in [3.63, 3.8) is 0 Å². The van der Waals surface area contributed by atoms with Crippen LogP contribution < -0.4 is 15.4 Å². The Morgan fingerprint density at radius 3 is 2.35 bits per heavy atom. The van der Waals surface area contributed by atoms with E-state index < -0.39 is 0 Å². The van der Waals surface area contributed by atoms with Crippen LogP contribution in [0.3, 0.4) is 0 Å². The zero-order chi connectivity index (χ0) is 29.8. The van der Waals surface area contributed by atoms with Crippen LogP contribution in [0.1, 0.15) is 68.2 Å². The number of benzene rings is 4. The van der Waals surface area contributed by atoms with Gasteiger partial charge in [-0.05, 0) is 76.4 Å². The summed E-state index contributed by atoms with van der Waals surface area (Å²) in [5.41, 5.74) is 9.93. The van der Waals surface area contributed by atoms with E-state index in [0.29, 0.717) is 0 Å². The van der Waals surface area contributed by atoms with Gasteiger partial charge in [0, 0.05) is 47.1 Å². The van der Waals surface area contributed by atoms with Crippen molar-refractivity contribution in [3.8, 4) is 11.1 Å². The number of rotatable bonds is 2. The number of fused-ring (bicyclic) bond motifs is 5. The molecule has 3 aliphatic heterocycles. The van der Waals surface area contributed by atoms with Crippen molar-refractivity contribution in [1.29, 1.82) is 0 Å². The van der Waals surface area contributed by atoms with Gasteiger partial charge in [0.05, 0.1) is 11.3 Å². The van der Waals surface area contributed by atoms with Crippen LogP contribution in [-0.2, 0) is 10.8 Å². The number of nitrogens with zero attached hydrogens (tertiary/aromatic N) is 2. The summed E-state index contributed by atoms with van der Waals surface area (Å²) in [4.78, 5) is 20.1. The van der Waals surface area contributed by atoms with Crippen LogP contribution in [0.2, 0.25) is 0 Å². The Balaban J connectivity index is 1.29. The van der Waals surface area contributed by atoms with Gasteiger partial charge < -0.3 is 14.2 Å². The molecule has 0 spiro atoms. The molecule has 5 aromatic rings. The monoisotopic (exact) mass is 586 g/mol. The van der Waals surface area contributed by atoms with Gasteiger partial charge in [0.15, 0.2) is 0 Å². The van der Waals surface area contributed by atoms with E-state index in [0.717, 1.165) is 48.0 Å². The molecule has 4 aromatic carbocycles. The van der Waals surface area contributed by atoms with Crippen LogP contribution in [0.5, 0.6) is 0 Å². The maximum absolute atomic E-state index is 14.1. The van der Waals surface area contributed by atoms with Crippen molar-refractivity contribution in [2.75, 3.05) is 29.9 Å². The maximum Gasteiger partial charge on any atom is 0.342 e. The van der Waals surface area contributed by atoms with Gasteiger partial charge in [-0.25, -0.2) is 4.79 Å². The summed E-state index contributed by atoms with van der Waals surface area (Å²) >= 11 is 1.76. The molecule has 5 heteroatoms. The van der Waals surface area contributed by atoms with Crippen molar-refractivity contribution < 1.29 is 4.42 Å². The lowest BCUT2D eigenvalue weighted by atomic mass is 9.69. The average molecular weight is 587 g/mol. The van der Waals surface area contributed by atoms with E-state index in [4.69, 9.17) is 4.42 Å². The lowest BCUT2D eigenvalue weighted by Crippen LogP contribution is -2.45. The number of aryl methyl sites for hydroxylation is 1. The summed E-state index contributed by atoms with van der Waals surface area (Å²) in [7, 11) is 2.12. The van der Waals surface area contributed by atoms with E-state index in [9.17, 15) is 4.79 Å². The molecule has 1 atom stereocenters. The quantitative estimate of drug-likeness (QED) is 0.193. The molecule has 8 rings (SSSR count). The number of hydrogen-bond acceptors (Lipinski definition) is 5.